The molecule has 0 saturated heterocycles. The Kier molecular flexibility index (Phi) is 4.39. The Morgan fingerprint density at radius 1 is 1.50 bits per heavy atom. The Balaban J connectivity index is 2.02. The van der Waals surface area contributed by atoms with E-state index >= 15 is 0 Å². The van der Waals surface area contributed by atoms with Crippen molar-refractivity contribution in [2.45, 2.75) is 45.6 Å². The zero-order valence-electron chi connectivity index (χ0n) is 9.16. The first-order chi connectivity index (χ1) is 6.59. The number of esters is 1. The summed E-state index contributed by atoms with van der Waals surface area (Å²) in [6.45, 7) is 4.61. The zero-order valence-corrected chi connectivity index (χ0v) is 9.16. The predicted molar refractivity (Wildman–Crippen MR) is 55.7 cm³/mol. The molecule has 0 aromatic rings. The van der Waals surface area contributed by atoms with Gasteiger partial charge >= 0.3 is 5.97 Å². The van der Waals surface area contributed by atoms with Crippen molar-refractivity contribution in [1.29, 1.82) is 0 Å². The van der Waals surface area contributed by atoms with E-state index in [-0.39, 0.29) is 12.0 Å². The van der Waals surface area contributed by atoms with Gasteiger partial charge in [-0.1, -0.05) is 26.7 Å². The van der Waals surface area contributed by atoms with Gasteiger partial charge in [0.1, 0.15) is 0 Å². The Hall–Kier alpha value is -0.570. The van der Waals surface area contributed by atoms with Crippen molar-refractivity contribution in [2.24, 2.45) is 17.6 Å². The summed E-state index contributed by atoms with van der Waals surface area (Å²) in [7, 11) is 0. The predicted octanol–water partition coefficient (Wildman–Crippen LogP) is 1.70. The summed E-state index contributed by atoms with van der Waals surface area (Å²) in [5.41, 5.74) is 5.76. The molecule has 1 saturated carbocycles. The van der Waals surface area contributed by atoms with Crippen LogP contribution in [0.2, 0.25) is 0 Å². The number of carbonyl (C=O) groups excluding carboxylic acids is 1. The monoisotopic (exact) mass is 199 g/mol. The maximum absolute atomic E-state index is 11.3. The van der Waals surface area contributed by atoms with Crippen LogP contribution in [0.5, 0.6) is 0 Å². The summed E-state index contributed by atoms with van der Waals surface area (Å²) in [5, 5.41) is 0. The summed E-state index contributed by atoms with van der Waals surface area (Å²) >= 11 is 0. The first kappa shape index (κ1) is 11.5. The Morgan fingerprint density at radius 2 is 2.14 bits per heavy atom. The molecule has 1 fully saturated rings. The molecule has 1 unspecified atom stereocenters. The second-order valence-electron chi connectivity index (χ2n) is 4.56. The fraction of sp³-hybridized carbons (Fsp3) is 0.909. The van der Waals surface area contributed by atoms with Gasteiger partial charge in [0, 0.05) is 6.04 Å². The highest BCUT2D eigenvalue weighted by atomic mass is 16.5. The van der Waals surface area contributed by atoms with Crippen LogP contribution in [0.15, 0.2) is 0 Å². The van der Waals surface area contributed by atoms with Crippen LogP contribution in [0.4, 0.5) is 0 Å². The number of carbonyl (C=O) groups is 1. The number of hydrogen-bond acceptors (Lipinski definition) is 3. The molecule has 2 N–H and O–H groups in total. The van der Waals surface area contributed by atoms with E-state index in [0.29, 0.717) is 18.9 Å². The van der Waals surface area contributed by atoms with E-state index in [1.165, 1.54) is 12.8 Å². The molecule has 0 aromatic carbocycles. The minimum atomic E-state index is -0.146. The smallest absolute Gasteiger partial charge is 0.307 e. The average molecular weight is 199 g/mol. The fourth-order valence-electron chi connectivity index (χ4n) is 1.23. The molecule has 1 rings (SSSR count). The van der Waals surface area contributed by atoms with E-state index in [1.807, 2.05) is 13.8 Å². The largest absolute Gasteiger partial charge is 0.466 e. The van der Waals surface area contributed by atoms with Crippen molar-refractivity contribution in [3.8, 4) is 0 Å². The number of hydrogen-bond donors (Lipinski definition) is 1. The maximum Gasteiger partial charge on any atom is 0.307 e. The van der Waals surface area contributed by atoms with Crippen molar-refractivity contribution in [3.63, 3.8) is 0 Å². The molecule has 0 heterocycles. The molecule has 1 aliphatic rings. The zero-order chi connectivity index (χ0) is 10.6. The number of nitrogens with two attached hydrogens (primary N) is 1. The standard InChI is InChI=1S/C11H21NO2/c1-8(2)10(12)7-11(13)14-6-5-9-3-4-9/h8-10H,3-7,12H2,1-2H3. The molecular weight excluding hydrogens is 178 g/mol. The van der Waals surface area contributed by atoms with Crippen LogP contribution < -0.4 is 5.73 Å². The van der Waals surface area contributed by atoms with Crippen LogP contribution in [-0.2, 0) is 9.53 Å². The molecule has 82 valence electrons. The fourth-order valence-corrected chi connectivity index (χ4v) is 1.23. The van der Waals surface area contributed by atoms with Gasteiger partial charge in [-0.2, -0.15) is 0 Å². The van der Waals surface area contributed by atoms with Gasteiger partial charge in [0.05, 0.1) is 13.0 Å². The lowest BCUT2D eigenvalue weighted by Gasteiger charge is -2.14. The molecule has 0 radical (unpaired) electrons. The highest BCUT2D eigenvalue weighted by molar-refractivity contribution is 5.70. The SMILES string of the molecule is CC(C)C(N)CC(=O)OCCC1CC1. The second-order valence-corrected chi connectivity index (χ2v) is 4.56. The molecule has 14 heavy (non-hydrogen) atoms. The van der Waals surface area contributed by atoms with Crippen molar-refractivity contribution in [3.05, 3.63) is 0 Å². The molecule has 3 nitrogen and oxygen atoms in total. The van der Waals surface area contributed by atoms with Crippen LogP contribution in [0.1, 0.15) is 39.5 Å². The maximum atomic E-state index is 11.3. The van der Waals surface area contributed by atoms with Crippen molar-refractivity contribution >= 4 is 5.97 Å². The summed E-state index contributed by atoms with van der Waals surface area (Å²) < 4.78 is 5.09. The second kappa shape index (κ2) is 5.35. The quantitative estimate of drug-likeness (QED) is 0.662. The summed E-state index contributed by atoms with van der Waals surface area (Å²) in [4.78, 5) is 11.3. The number of ether oxygens (including phenoxy) is 1. The van der Waals surface area contributed by atoms with Gasteiger partial charge in [0.15, 0.2) is 0 Å². The van der Waals surface area contributed by atoms with Gasteiger partial charge < -0.3 is 10.5 Å². The lowest BCUT2D eigenvalue weighted by molar-refractivity contribution is -0.144. The van der Waals surface area contributed by atoms with E-state index in [2.05, 4.69) is 0 Å². The first-order valence-corrected chi connectivity index (χ1v) is 5.50. The molecule has 0 aromatic heterocycles. The molecule has 3 heteroatoms. The van der Waals surface area contributed by atoms with E-state index in [4.69, 9.17) is 10.5 Å². The summed E-state index contributed by atoms with van der Waals surface area (Å²) in [6.07, 6.45) is 4.00. The van der Waals surface area contributed by atoms with Crippen LogP contribution in [0, 0.1) is 11.8 Å². The summed E-state index contributed by atoms with van der Waals surface area (Å²) in [5.74, 6) is 1.01. The third kappa shape index (κ3) is 4.61. The van der Waals surface area contributed by atoms with Crippen molar-refractivity contribution in [2.75, 3.05) is 6.61 Å². The van der Waals surface area contributed by atoms with Crippen LogP contribution >= 0.6 is 0 Å². The van der Waals surface area contributed by atoms with E-state index in [1.54, 1.807) is 0 Å². The number of rotatable bonds is 6. The Labute approximate surface area is 86.0 Å². The van der Waals surface area contributed by atoms with Gasteiger partial charge in [-0.05, 0) is 18.3 Å². The van der Waals surface area contributed by atoms with Crippen molar-refractivity contribution in [1.82, 2.24) is 0 Å². The minimum Gasteiger partial charge on any atom is -0.466 e. The third-order valence-corrected chi connectivity index (χ3v) is 2.74. The van der Waals surface area contributed by atoms with Gasteiger partial charge in [-0.3, -0.25) is 4.79 Å². The third-order valence-electron chi connectivity index (χ3n) is 2.74. The molecule has 0 bridgehead atoms. The lowest BCUT2D eigenvalue weighted by Crippen LogP contribution is -2.30. The molecule has 0 aliphatic heterocycles. The van der Waals surface area contributed by atoms with Gasteiger partial charge in [-0.25, -0.2) is 0 Å². The molecule has 0 spiro atoms. The Bertz CT molecular complexity index is 188. The normalized spacial score (nSPS) is 18.3. The topological polar surface area (TPSA) is 52.3 Å². The van der Waals surface area contributed by atoms with Crippen LogP contribution in [0.3, 0.4) is 0 Å². The lowest BCUT2D eigenvalue weighted by atomic mass is 10.0. The van der Waals surface area contributed by atoms with E-state index < -0.39 is 0 Å². The van der Waals surface area contributed by atoms with Gasteiger partial charge in [-0.15, -0.1) is 0 Å². The van der Waals surface area contributed by atoms with E-state index in [9.17, 15) is 4.79 Å². The summed E-state index contributed by atoms with van der Waals surface area (Å²) in [6, 6.07) is -0.0663. The van der Waals surface area contributed by atoms with Crippen LogP contribution in [0.25, 0.3) is 0 Å². The average Bonchev–Trinajstić information content (AvgIpc) is 2.87. The van der Waals surface area contributed by atoms with Crippen molar-refractivity contribution < 1.29 is 9.53 Å². The molecule has 1 atom stereocenters. The molecule has 0 amide bonds. The first-order valence-electron chi connectivity index (χ1n) is 5.50. The van der Waals surface area contributed by atoms with E-state index in [0.717, 1.165) is 12.3 Å². The molecular formula is C11H21NO2. The Morgan fingerprint density at radius 3 is 2.64 bits per heavy atom. The molecule has 1 aliphatic carbocycles. The van der Waals surface area contributed by atoms with Gasteiger partial charge in [0.2, 0.25) is 0 Å². The highest BCUT2D eigenvalue weighted by Gasteiger charge is 2.21. The van der Waals surface area contributed by atoms with Gasteiger partial charge in [0.25, 0.3) is 0 Å². The minimum absolute atomic E-state index is 0.0663. The van der Waals surface area contributed by atoms with Crippen LogP contribution in [-0.4, -0.2) is 18.6 Å². The highest BCUT2D eigenvalue weighted by Crippen LogP contribution is 2.32.